The molecular weight excluding hydrogens is 435 g/mol. The van der Waals surface area contributed by atoms with Crippen LogP contribution in [0.3, 0.4) is 0 Å². The van der Waals surface area contributed by atoms with E-state index in [-0.39, 0.29) is 40.9 Å². The molecule has 29 heavy (non-hydrogen) atoms. The number of nitrogens with zero attached hydrogens (tertiary/aromatic N) is 2. The number of amidine groups is 1. The molecular formula is C20H18ClFN2O3S2. The van der Waals surface area contributed by atoms with Crippen LogP contribution in [0.5, 0.6) is 0 Å². The van der Waals surface area contributed by atoms with E-state index >= 15 is 0 Å². The summed E-state index contributed by atoms with van der Waals surface area (Å²) in [6.45, 7) is 0.363. The molecule has 5 nitrogen and oxygen atoms in total. The van der Waals surface area contributed by atoms with Gasteiger partial charge in [0.1, 0.15) is 5.82 Å². The highest BCUT2D eigenvalue weighted by Gasteiger charge is 2.48. The van der Waals surface area contributed by atoms with E-state index in [2.05, 4.69) is 4.99 Å². The second-order valence-electron chi connectivity index (χ2n) is 7.11. The normalized spacial score (nSPS) is 24.1. The first-order valence-corrected chi connectivity index (χ1v) is 12.1. The zero-order valence-corrected chi connectivity index (χ0v) is 17.7. The average Bonchev–Trinajstić information content (AvgIpc) is 3.11. The van der Waals surface area contributed by atoms with Gasteiger partial charge in [0.2, 0.25) is 0 Å². The van der Waals surface area contributed by atoms with Gasteiger partial charge in [-0.2, -0.15) is 4.99 Å². The molecule has 2 aromatic rings. The molecule has 2 heterocycles. The van der Waals surface area contributed by atoms with Gasteiger partial charge in [0.25, 0.3) is 5.91 Å². The predicted octanol–water partition coefficient (Wildman–Crippen LogP) is 3.32. The van der Waals surface area contributed by atoms with E-state index in [9.17, 15) is 17.6 Å². The zero-order valence-electron chi connectivity index (χ0n) is 15.3. The van der Waals surface area contributed by atoms with Gasteiger partial charge in [-0.15, -0.1) is 0 Å². The average molecular weight is 453 g/mol. The number of halogens is 2. The van der Waals surface area contributed by atoms with Crippen molar-refractivity contribution in [2.24, 2.45) is 4.99 Å². The fourth-order valence-corrected chi connectivity index (χ4v) is 7.73. The summed E-state index contributed by atoms with van der Waals surface area (Å²) in [5, 5.41) is 0.856. The Kier molecular flexibility index (Phi) is 5.68. The molecule has 2 aliphatic rings. The fourth-order valence-electron chi connectivity index (χ4n) is 3.56. The van der Waals surface area contributed by atoms with Crippen LogP contribution >= 0.6 is 23.4 Å². The lowest BCUT2D eigenvalue weighted by Gasteiger charge is -2.24. The van der Waals surface area contributed by atoms with Gasteiger partial charge in [0.15, 0.2) is 15.0 Å². The minimum Gasteiger partial charge on any atom is -0.342 e. The van der Waals surface area contributed by atoms with Crippen molar-refractivity contribution in [1.29, 1.82) is 0 Å². The molecule has 0 N–H and O–H groups in total. The van der Waals surface area contributed by atoms with E-state index in [1.807, 2.05) is 11.0 Å². The molecule has 2 saturated heterocycles. The molecule has 1 amide bonds. The minimum atomic E-state index is -3.12. The van der Waals surface area contributed by atoms with E-state index in [1.54, 1.807) is 30.3 Å². The van der Waals surface area contributed by atoms with Crippen molar-refractivity contribution < 1.29 is 17.6 Å². The van der Waals surface area contributed by atoms with Crippen molar-refractivity contribution in [3.8, 4) is 0 Å². The van der Waals surface area contributed by atoms with E-state index < -0.39 is 9.84 Å². The van der Waals surface area contributed by atoms with Gasteiger partial charge in [-0.3, -0.25) is 4.79 Å². The molecule has 4 rings (SSSR count). The molecule has 0 bridgehead atoms. The molecule has 9 heteroatoms. The number of carbonyl (C=O) groups excluding carboxylic acids is 1. The summed E-state index contributed by atoms with van der Waals surface area (Å²) in [5.74, 6) is -0.578. The third kappa shape index (κ3) is 4.65. The molecule has 0 unspecified atom stereocenters. The number of carbonyl (C=O) groups is 1. The van der Waals surface area contributed by atoms with Crippen molar-refractivity contribution in [2.75, 3.05) is 11.5 Å². The van der Waals surface area contributed by atoms with Crippen LogP contribution in [0.15, 0.2) is 53.5 Å². The Hall–Kier alpha value is -1.90. The van der Waals surface area contributed by atoms with Crippen molar-refractivity contribution >= 4 is 44.3 Å². The van der Waals surface area contributed by atoms with Gasteiger partial charge < -0.3 is 4.90 Å². The van der Waals surface area contributed by atoms with Crippen LogP contribution in [0.4, 0.5) is 4.39 Å². The van der Waals surface area contributed by atoms with E-state index in [1.165, 1.54) is 23.9 Å². The summed E-state index contributed by atoms with van der Waals surface area (Å²) in [6, 6.07) is 12.9. The number of aliphatic imine (C=N–C) groups is 1. The third-order valence-corrected chi connectivity index (χ3v) is 8.58. The largest absolute Gasteiger partial charge is 0.342 e. The lowest BCUT2D eigenvalue weighted by Crippen LogP contribution is -2.37. The Morgan fingerprint density at radius 3 is 2.62 bits per heavy atom. The number of rotatable bonds is 4. The van der Waals surface area contributed by atoms with Crippen LogP contribution in [0.25, 0.3) is 0 Å². The van der Waals surface area contributed by atoms with Crippen molar-refractivity contribution in [3.63, 3.8) is 0 Å². The fraction of sp³-hybridized carbons (Fsp3) is 0.300. The molecule has 0 saturated carbocycles. The standard InChI is InChI=1S/C20H18ClFN2O3S2/c21-16-4-2-1-3-14(16)9-19(25)23-20-24(10-13-5-7-15(22)8-6-13)17-11-29(26,27)12-18(17)28-20/h1-8,17-18H,9-12H2/t17-,18+/m1/s1. The van der Waals surface area contributed by atoms with Crippen LogP contribution in [-0.2, 0) is 27.6 Å². The maximum atomic E-state index is 13.2. The number of benzene rings is 2. The van der Waals surface area contributed by atoms with Crippen molar-refractivity contribution in [2.45, 2.75) is 24.3 Å². The molecule has 2 atom stereocenters. The summed E-state index contributed by atoms with van der Waals surface area (Å²) in [7, 11) is -3.12. The summed E-state index contributed by atoms with van der Waals surface area (Å²) in [4.78, 5) is 18.7. The number of thioether (sulfide) groups is 1. The number of hydrogen-bond donors (Lipinski definition) is 0. The molecule has 0 radical (unpaired) electrons. The molecule has 2 fully saturated rings. The van der Waals surface area contributed by atoms with Crippen LogP contribution in [0.1, 0.15) is 11.1 Å². The lowest BCUT2D eigenvalue weighted by molar-refractivity contribution is -0.117. The van der Waals surface area contributed by atoms with Gasteiger partial charge in [0.05, 0.1) is 24.0 Å². The maximum Gasteiger partial charge on any atom is 0.252 e. The smallest absolute Gasteiger partial charge is 0.252 e. The second-order valence-corrected chi connectivity index (χ2v) is 10.9. The second kappa shape index (κ2) is 8.08. The topological polar surface area (TPSA) is 66.8 Å². The molecule has 0 spiro atoms. The Bertz CT molecular complexity index is 1070. The lowest BCUT2D eigenvalue weighted by atomic mass is 10.1. The Balaban J connectivity index is 1.58. The molecule has 152 valence electrons. The summed E-state index contributed by atoms with van der Waals surface area (Å²) < 4.78 is 37.4. The van der Waals surface area contributed by atoms with Gasteiger partial charge in [0, 0.05) is 16.8 Å². The monoisotopic (exact) mass is 452 g/mol. The van der Waals surface area contributed by atoms with Crippen molar-refractivity contribution in [3.05, 3.63) is 70.5 Å². The first kappa shape index (κ1) is 20.4. The Morgan fingerprint density at radius 2 is 1.90 bits per heavy atom. The predicted molar refractivity (Wildman–Crippen MR) is 113 cm³/mol. The Morgan fingerprint density at radius 1 is 1.17 bits per heavy atom. The summed E-state index contributed by atoms with van der Waals surface area (Å²) in [5.41, 5.74) is 1.52. The van der Waals surface area contributed by atoms with Crippen LogP contribution in [-0.4, -0.2) is 47.2 Å². The zero-order chi connectivity index (χ0) is 20.6. The highest BCUT2D eigenvalue weighted by atomic mass is 35.5. The Labute approximate surface area is 177 Å². The number of sulfone groups is 1. The first-order valence-electron chi connectivity index (χ1n) is 9.04. The van der Waals surface area contributed by atoms with E-state index in [0.29, 0.717) is 22.3 Å². The van der Waals surface area contributed by atoms with E-state index in [4.69, 9.17) is 11.6 Å². The third-order valence-electron chi connectivity index (χ3n) is 4.96. The number of fused-ring (bicyclic) bond motifs is 1. The van der Waals surface area contributed by atoms with Crippen LogP contribution in [0, 0.1) is 5.82 Å². The van der Waals surface area contributed by atoms with E-state index in [0.717, 1.165) is 5.56 Å². The highest BCUT2D eigenvalue weighted by Crippen LogP contribution is 2.39. The van der Waals surface area contributed by atoms with Gasteiger partial charge in [-0.05, 0) is 29.3 Å². The quantitative estimate of drug-likeness (QED) is 0.712. The first-order chi connectivity index (χ1) is 13.8. The molecule has 0 aromatic heterocycles. The highest BCUT2D eigenvalue weighted by molar-refractivity contribution is 8.15. The van der Waals surface area contributed by atoms with Gasteiger partial charge in [-0.1, -0.05) is 53.7 Å². The van der Waals surface area contributed by atoms with Crippen LogP contribution in [0.2, 0.25) is 5.02 Å². The molecule has 2 aliphatic heterocycles. The maximum absolute atomic E-state index is 13.2. The van der Waals surface area contributed by atoms with Crippen molar-refractivity contribution in [1.82, 2.24) is 4.90 Å². The summed E-state index contributed by atoms with van der Waals surface area (Å²) in [6.07, 6.45) is 0.0712. The molecule has 2 aromatic carbocycles. The van der Waals surface area contributed by atoms with Gasteiger partial charge in [-0.25, -0.2) is 12.8 Å². The van der Waals surface area contributed by atoms with Gasteiger partial charge >= 0.3 is 0 Å². The SMILES string of the molecule is O=C(Cc1ccccc1Cl)N=C1S[C@H]2CS(=O)(=O)C[C@H]2N1Cc1ccc(F)cc1. The van der Waals surface area contributed by atoms with Crippen LogP contribution < -0.4 is 0 Å². The minimum absolute atomic E-state index is 0.0313. The summed E-state index contributed by atoms with van der Waals surface area (Å²) >= 11 is 7.46. The number of hydrogen-bond acceptors (Lipinski definition) is 4. The number of amides is 1. The molecule has 0 aliphatic carbocycles.